The number of rotatable bonds is 4. The van der Waals surface area contributed by atoms with Crippen molar-refractivity contribution in [3.8, 4) is 0 Å². The molecule has 3 heterocycles. The molecule has 4 rings (SSSR count). The topological polar surface area (TPSA) is 58.1 Å². The molecule has 2 aliphatic rings. The molecule has 1 saturated heterocycles. The second-order valence-electron chi connectivity index (χ2n) is 7.22. The number of thiophene rings is 1. The standard InChI is InChI=1S/C19H26N4OS/c1-2-16-21-17(15-8-11-25-18(15)22-16)20-14-7-6-13(12-14)19(24)23-9-4-3-5-10-23/h8,11,13-14H,2-7,9-10,12H2,1H3,(H,20,21,22)/t13-,14+/m1/s1. The van der Waals surface area contributed by atoms with Crippen LogP contribution in [0.15, 0.2) is 11.4 Å². The molecule has 6 heteroatoms. The summed E-state index contributed by atoms with van der Waals surface area (Å²) in [4.78, 5) is 25.2. The van der Waals surface area contributed by atoms with Crippen LogP contribution in [0.4, 0.5) is 5.82 Å². The van der Waals surface area contributed by atoms with Crippen LogP contribution in [0.1, 0.15) is 51.3 Å². The number of fused-ring (bicyclic) bond motifs is 1. The highest BCUT2D eigenvalue weighted by atomic mass is 32.1. The van der Waals surface area contributed by atoms with E-state index in [0.717, 1.165) is 73.5 Å². The van der Waals surface area contributed by atoms with Crippen LogP contribution in [-0.2, 0) is 11.2 Å². The maximum Gasteiger partial charge on any atom is 0.225 e. The summed E-state index contributed by atoms with van der Waals surface area (Å²) in [6, 6.07) is 2.43. The zero-order valence-corrected chi connectivity index (χ0v) is 15.6. The number of aryl methyl sites for hydroxylation is 1. The number of anilines is 1. The number of piperidine rings is 1. The first kappa shape index (κ1) is 16.8. The van der Waals surface area contributed by atoms with Gasteiger partial charge in [-0.1, -0.05) is 6.92 Å². The van der Waals surface area contributed by atoms with Crippen LogP contribution in [0.2, 0.25) is 0 Å². The van der Waals surface area contributed by atoms with Gasteiger partial charge in [0.05, 0.1) is 5.39 Å². The zero-order chi connectivity index (χ0) is 17.2. The predicted octanol–water partition coefficient (Wildman–Crippen LogP) is 3.85. The van der Waals surface area contributed by atoms with Crippen LogP contribution in [0, 0.1) is 5.92 Å². The molecule has 2 fully saturated rings. The maximum absolute atomic E-state index is 12.7. The van der Waals surface area contributed by atoms with Gasteiger partial charge in [0.1, 0.15) is 16.5 Å². The van der Waals surface area contributed by atoms with E-state index in [2.05, 4.69) is 33.6 Å². The van der Waals surface area contributed by atoms with E-state index in [1.165, 1.54) is 6.42 Å². The predicted molar refractivity (Wildman–Crippen MR) is 102 cm³/mol. The van der Waals surface area contributed by atoms with E-state index in [-0.39, 0.29) is 5.92 Å². The first-order valence-corrected chi connectivity index (χ1v) is 10.4. The molecule has 0 bridgehead atoms. The molecule has 5 nitrogen and oxygen atoms in total. The highest BCUT2D eigenvalue weighted by Crippen LogP contribution is 2.32. The Morgan fingerprint density at radius 1 is 1.28 bits per heavy atom. The van der Waals surface area contributed by atoms with E-state index in [1.807, 2.05) is 0 Å². The molecule has 2 aromatic rings. The lowest BCUT2D eigenvalue weighted by molar-refractivity contribution is -0.136. The molecule has 1 saturated carbocycles. The van der Waals surface area contributed by atoms with Gasteiger partial charge in [-0.05, 0) is 50.0 Å². The molecule has 1 aliphatic carbocycles. The van der Waals surface area contributed by atoms with Gasteiger partial charge in [0.15, 0.2) is 0 Å². The molecule has 25 heavy (non-hydrogen) atoms. The molecule has 0 radical (unpaired) electrons. The van der Waals surface area contributed by atoms with Crippen LogP contribution in [0.3, 0.4) is 0 Å². The SMILES string of the molecule is CCc1nc(N[C@H]2CC[C@@H](C(=O)N3CCCCC3)C2)c2ccsc2n1. The third-order valence-corrected chi connectivity index (χ3v) is 6.28. The molecule has 0 unspecified atom stereocenters. The molecule has 0 aromatic carbocycles. The first-order chi connectivity index (χ1) is 12.2. The Hall–Kier alpha value is -1.69. The minimum atomic E-state index is 0.182. The Kier molecular flexibility index (Phi) is 4.88. The van der Waals surface area contributed by atoms with Crippen LogP contribution in [0.25, 0.3) is 10.2 Å². The summed E-state index contributed by atoms with van der Waals surface area (Å²) in [6.45, 7) is 3.99. The van der Waals surface area contributed by atoms with Gasteiger partial charge in [0, 0.05) is 31.5 Å². The fourth-order valence-electron chi connectivity index (χ4n) is 4.07. The fourth-order valence-corrected chi connectivity index (χ4v) is 4.85. The average Bonchev–Trinajstić information content (AvgIpc) is 3.31. The Balaban J connectivity index is 1.44. The van der Waals surface area contributed by atoms with E-state index >= 15 is 0 Å². The lowest BCUT2D eigenvalue weighted by atomic mass is 10.0. The van der Waals surface area contributed by atoms with Crippen LogP contribution < -0.4 is 5.32 Å². The lowest BCUT2D eigenvalue weighted by Crippen LogP contribution is -2.39. The smallest absolute Gasteiger partial charge is 0.225 e. The quantitative estimate of drug-likeness (QED) is 0.902. The molecular formula is C19H26N4OS. The minimum absolute atomic E-state index is 0.182. The van der Waals surface area contributed by atoms with Crippen molar-refractivity contribution in [2.45, 2.75) is 57.9 Å². The van der Waals surface area contributed by atoms with Crippen LogP contribution in [0.5, 0.6) is 0 Å². The van der Waals surface area contributed by atoms with E-state index in [4.69, 9.17) is 4.98 Å². The van der Waals surface area contributed by atoms with Crippen molar-refractivity contribution in [2.75, 3.05) is 18.4 Å². The Morgan fingerprint density at radius 2 is 2.12 bits per heavy atom. The molecule has 134 valence electrons. The van der Waals surface area contributed by atoms with Crippen LogP contribution in [-0.4, -0.2) is 39.9 Å². The number of hydrogen-bond donors (Lipinski definition) is 1. The largest absolute Gasteiger partial charge is 0.367 e. The Morgan fingerprint density at radius 3 is 2.92 bits per heavy atom. The monoisotopic (exact) mass is 358 g/mol. The van der Waals surface area contributed by atoms with Crippen molar-refractivity contribution in [2.24, 2.45) is 5.92 Å². The highest BCUT2D eigenvalue weighted by Gasteiger charge is 2.33. The van der Waals surface area contributed by atoms with Crippen molar-refractivity contribution in [3.05, 3.63) is 17.3 Å². The Labute approximate surface area is 152 Å². The summed E-state index contributed by atoms with van der Waals surface area (Å²) in [7, 11) is 0. The number of carbonyl (C=O) groups is 1. The highest BCUT2D eigenvalue weighted by molar-refractivity contribution is 7.16. The van der Waals surface area contributed by atoms with Gasteiger partial charge in [0.2, 0.25) is 5.91 Å². The van der Waals surface area contributed by atoms with Gasteiger partial charge in [0.25, 0.3) is 0 Å². The number of hydrogen-bond acceptors (Lipinski definition) is 5. The van der Waals surface area contributed by atoms with E-state index in [0.29, 0.717) is 11.9 Å². The summed E-state index contributed by atoms with van der Waals surface area (Å²) in [5, 5.41) is 6.79. The van der Waals surface area contributed by atoms with Crippen molar-refractivity contribution < 1.29 is 4.79 Å². The van der Waals surface area contributed by atoms with Crippen LogP contribution >= 0.6 is 11.3 Å². The normalized spacial score (nSPS) is 24.0. The molecule has 1 amide bonds. The molecular weight excluding hydrogens is 332 g/mol. The number of nitrogens with one attached hydrogen (secondary N) is 1. The second-order valence-corrected chi connectivity index (χ2v) is 8.11. The number of nitrogens with zero attached hydrogens (tertiary/aromatic N) is 3. The number of aromatic nitrogens is 2. The Bertz CT molecular complexity index is 753. The van der Waals surface area contributed by atoms with Crippen molar-refractivity contribution in [1.82, 2.24) is 14.9 Å². The van der Waals surface area contributed by atoms with Gasteiger partial charge in [-0.15, -0.1) is 11.3 Å². The lowest BCUT2D eigenvalue weighted by Gasteiger charge is -2.29. The summed E-state index contributed by atoms with van der Waals surface area (Å²) >= 11 is 1.66. The summed E-state index contributed by atoms with van der Waals surface area (Å²) in [5.74, 6) is 2.39. The number of likely N-dealkylation sites (tertiary alicyclic amines) is 1. The average molecular weight is 359 g/mol. The van der Waals surface area contributed by atoms with E-state index in [9.17, 15) is 4.79 Å². The zero-order valence-electron chi connectivity index (χ0n) is 14.8. The number of amides is 1. The molecule has 1 N–H and O–H groups in total. The number of carbonyl (C=O) groups excluding carboxylic acids is 1. The van der Waals surface area contributed by atoms with Gasteiger partial charge in [-0.3, -0.25) is 4.79 Å². The third kappa shape index (κ3) is 3.50. The van der Waals surface area contributed by atoms with E-state index < -0.39 is 0 Å². The van der Waals surface area contributed by atoms with Gasteiger partial charge in [-0.2, -0.15) is 0 Å². The second kappa shape index (κ2) is 7.28. The van der Waals surface area contributed by atoms with Gasteiger partial charge < -0.3 is 10.2 Å². The van der Waals surface area contributed by atoms with Crippen molar-refractivity contribution in [1.29, 1.82) is 0 Å². The molecule has 0 spiro atoms. The van der Waals surface area contributed by atoms with Crippen molar-refractivity contribution in [3.63, 3.8) is 0 Å². The van der Waals surface area contributed by atoms with Crippen molar-refractivity contribution >= 4 is 33.3 Å². The summed E-state index contributed by atoms with van der Waals surface area (Å²) < 4.78 is 0. The summed E-state index contributed by atoms with van der Waals surface area (Å²) in [5.41, 5.74) is 0. The molecule has 2 atom stereocenters. The molecule has 1 aliphatic heterocycles. The van der Waals surface area contributed by atoms with Gasteiger partial charge >= 0.3 is 0 Å². The molecule has 2 aromatic heterocycles. The fraction of sp³-hybridized carbons (Fsp3) is 0.632. The third-order valence-electron chi connectivity index (χ3n) is 5.48. The van der Waals surface area contributed by atoms with Gasteiger partial charge in [-0.25, -0.2) is 9.97 Å². The maximum atomic E-state index is 12.7. The minimum Gasteiger partial charge on any atom is -0.367 e. The van der Waals surface area contributed by atoms with E-state index in [1.54, 1.807) is 11.3 Å². The summed E-state index contributed by atoms with van der Waals surface area (Å²) in [6.07, 6.45) is 7.39. The first-order valence-electron chi connectivity index (χ1n) is 9.54.